The van der Waals surface area contributed by atoms with Crippen molar-refractivity contribution in [3.8, 4) is 11.1 Å². The Morgan fingerprint density at radius 3 is 2.50 bits per heavy atom. The number of aromatic nitrogens is 1. The average Bonchev–Trinajstić information content (AvgIpc) is 2.52. The maximum Gasteiger partial charge on any atom is 0.209 e. The first-order valence-electron chi connectivity index (χ1n) is 6.90. The van der Waals surface area contributed by atoms with E-state index in [1.807, 2.05) is 36.4 Å². The third kappa shape index (κ3) is 3.16. The molecule has 2 aromatic carbocycles. The molecule has 0 atom stereocenters. The Labute approximate surface area is 129 Å². The van der Waals surface area contributed by atoms with Crippen molar-refractivity contribution < 1.29 is 8.42 Å². The Kier molecular flexibility index (Phi) is 3.92. The van der Waals surface area contributed by atoms with Gasteiger partial charge in [0, 0.05) is 24.3 Å². The summed E-state index contributed by atoms with van der Waals surface area (Å²) in [5.41, 5.74) is 3.15. The first-order chi connectivity index (χ1) is 10.5. The predicted molar refractivity (Wildman–Crippen MR) is 88.9 cm³/mol. The van der Waals surface area contributed by atoms with Gasteiger partial charge in [-0.15, -0.1) is 0 Å². The summed E-state index contributed by atoms with van der Waals surface area (Å²) in [4.78, 5) is 4.18. The highest BCUT2D eigenvalue weighted by Crippen LogP contribution is 2.30. The number of nitrogens with one attached hydrogen (secondary N) is 1. The SMILES string of the molecule is CS(=O)(=O)NCc1ccc(-c2ccccc2)c2ccncc12. The Hall–Kier alpha value is -2.24. The zero-order valence-corrected chi connectivity index (χ0v) is 13.0. The summed E-state index contributed by atoms with van der Waals surface area (Å²) >= 11 is 0. The topological polar surface area (TPSA) is 59.1 Å². The molecule has 1 aromatic heterocycles. The van der Waals surface area contributed by atoms with E-state index >= 15 is 0 Å². The Morgan fingerprint density at radius 2 is 1.77 bits per heavy atom. The Balaban J connectivity index is 2.11. The van der Waals surface area contributed by atoms with E-state index in [-0.39, 0.29) is 6.54 Å². The van der Waals surface area contributed by atoms with Crippen LogP contribution in [0.3, 0.4) is 0 Å². The fraction of sp³-hybridized carbons (Fsp3) is 0.118. The van der Waals surface area contributed by atoms with Crippen LogP contribution in [0.5, 0.6) is 0 Å². The van der Waals surface area contributed by atoms with Crippen molar-refractivity contribution in [2.24, 2.45) is 0 Å². The highest BCUT2D eigenvalue weighted by Gasteiger charge is 2.09. The quantitative estimate of drug-likeness (QED) is 0.806. The second-order valence-corrected chi connectivity index (χ2v) is 6.99. The van der Waals surface area contributed by atoms with Crippen LogP contribution in [-0.2, 0) is 16.6 Å². The van der Waals surface area contributed by atoms with Gasteiger partial charge in [0.2, 0.25) is 10.0 Å². The van der Waals surface area contributed by atoms with Crippen molar-refractivity contribution >= 4 is 20.8 Å². The summed E-state index contributed by atoms with van der Waals surface area (Å²) in [6.07, 6.45) is 4.69. The molecule has 0 fully saturated rings. The molecule has 112 valence electrons. The van der Waals surface area contributed by atoms with Gasteiger partial charge in [-0.2, -0.15) is 0 Å². The number of pyridine rings is 1. The first kappa shape index (κ1) is 14.7. The number of hydrogen-bond acceptors (Lipinski definition) is 3. The van der Waals surface area contributed by atoms with E-state index in [0.29, 0.717) is 0 Å². The number of nitrogens with zero attached hydrogens (tertiary/aromatic N) is 1. The largest absolute Gasteiger partial charge is 0.264 e. The minimum atomic E-state index is -3.22. The number of hydrogen-bond donors (Lipinski definition) is 1. The number of sulfonamides is 1. The Morgan fingerprint density at radius 1 is 1.00 bits per heavy atom. The molecule has 3 rings (SSSR count). The van der Waals surface area contributed by atoms with Crippen LogP contribution in [0.4, 0.5) is 0 Å². The van der Waals surface area contributed by atoms with Crippen molar-refractivity contribution in [2.45, 2.75) is 6.54 Å². The molecule has 1 N–H and O–H groups in total. The van der Waals surface area contributed by atoms with Gasteiger partial charge in [0.15, 0.2) is 0 Å². The second kappa shape index (κ2) is 5.87. The molecule has 0 spiro atoms. The molecule has 4 nitrogen and oxygen atoms in total. The predicted octanol–water partition coefficient (Wildman–Crippen LogP) is 2.95. The monoisotopic (exact) mass is 312 g/mol. The molecule has 0 aliphatic heterocycles. The lowest BCUT2D eigenvalue weighted by molar-refractivity contribution is 0.588. The molecular formula is C17H16N2O2S. The van der Waals surface area contributed by atoms with Crippen LogP contribution in [0.2, 0.25) is 0 Å². The summed E-state index contributed by atoms with van der Waals surface area (Å²) in [6, 6.07) is 16.0. The lowest BCUT2D eigenvalue weighted by Gasteiger charge is -2.11. The third-order valence-corrected chi connectivity index (χ3v) is 4.19. The summed E-state index contributed by atoms with van der Waals surface area (Å²) in [5.74, 6) is 0. The first-order valence-corrected chi connectivity index (χ1v) is 8.79. The normalized spacial score (nSPS) is 11.7. The molecule has 0 unspecified atom stereocenters. The van der Waals surface area contributed by atoms with Gasteiger partial charge in [-0.25, -0.2) is 13.1 Å². The van der Waals surface area contributed by atoms with Crippen molar-refractivity contribution in [3.63, 3.8) is 0 Å². The molecular weight excluding hydrogens is 296 g/mol. The maximum absolute atomic E-state index is 11.3. The summed E-state index contributed by atoms with van der Waals surface area (Å²) in [7, 11) is -3.22. The molecule has 0 radical (unpaired) electrons. The van der Waals surface area contributed by atoms with Crippen LogP contribution in [-0.4, -0.2) is 19.7 Å². The van der Waals surface area contributed by atoms with E-state index in [4.69, 9.17) is 0 Å². The van der Waals surface area contributed by atoms with Crippen LogP contribution in [0.15, 0.2) is 60.9 Å². The van der Waals surface area contributed by atoms with Crippen molar-refractivity contribution in [3.05, 3.63) is 66.5 Å². The standard InChI is InChI=1S/C17H16N2O2S/c1-22(20,21)19-11-14-7-8-15(13-5-3-2-4-6-13)16-9-10-18-12-17(14)16/h2-10,12,19H,11H2,1H3. The smallest absolute Gasteiger partial charge is 0.209 e. The van der Waals surface area contributed by atoms with Crippen LogP contribution >= 0.6 is 0 Å². The van der Waals surface area contributed by atoms with Gasteiger partial charge in [-0.3, -0.25) is 4.98 Å². The van der Waals surface area contributed by atoms with Crippen LogP contribution in [0.25, 0.3) is 21.9 Å². The maximum atomic E-state index is 11.3. The minimum Gasteiger partial charge on any atom is -0.264 e. The molecule has 22 heavy (non-hydrogen) atoms. The van der Waals surface area contributed by atoms with Crippen molar-refractivity contribution in [1.82, 2.24) is 9.71 Å². The Bertz CT molecular complexity index is 906. The van der Waals surface area contributed by atoms with E-state index in [9.17, 15) is 8.42 Å². The van der Waals surface area contributed by atoms with E-state index in [1.165, 1.54) is 0 Å². The number of benzene rings is 2. The van der Waals surface area contributed by atoms with Crippen LogP contribution in [0.1, 0.15) is 5.56 Å². The van der Waals surface area contributed by atoms with E-state index in [0.717, 1.165) is 33.7 Å². The van der Waals surface area contributed by atoms with Crippen molar-refractivity contribution in [2.75, 3.05) is 6.26 Å². The van der Waals surface area contributed by atoms with E-state index < -0.39 is 10.0 Å². The zero-order valence-electron chi connectivity index (χ0n) is 12.2. The second-order valence-electron chi connectivity index (χ2n) is 5.15. The van der Waals surface area contributed by atoms with Crippen LogP contribution < -0.4 is 4.72 Å². The van der Waals surface area contributed by atoms with Gasteiger partial charge in [0.25, 0.3) is 0 Å². The molecule has 0 aliphatic carbocycles. The summed E-state index contributed by atoms with van der Waals surface area (Å²) in [6.45, 7) is 0.260. The summed E-state index contributed by atoms with van der Waals surface area (Å²) in [5, 5.41) is 2.02. The lowest BCUT2D eigenvalue weighted by Crippen LogP contribution is -2.21. The molecule has 5 heteroatoms. The molecule has 0 aliphatic rings. The highest BCUT2D eigenvalue weighted by atomic mass is 32.2. The van der Waals surface area contributed by atoms with Gasteiger partial charge in [-0.05, 0) is 28.1 Å². The van der Waals surface area contributed by atoms with Crippen molar-refractivity contribution in [1.29, 1.82) is 0 Å². The minimum absolute atomic E-state index is 0.260. The number of rotatable bonds is 4. The third-order valence-electron chi connectivity index (χ3n) is 3.52. The fourth-order valence-electron chi connectivity index (χ4n) is 2.48. The lowest BCUT2D eigenvalue weighted by atomic mass is 9.96. The van der Waals surface area contributed by atoms with Gasteiger partial charge < -0.3 is 0 Å². The molecule has 3 aromatic rings. The average molecular weight is 312 g/mol. The molecule has 0 saturated heterocycles. The van der Waals surface area contributed by atoms with Gasteiger partial charge in [-0.1, -0.05) is 42.5 Å². The highest BCUT2D eigenvalue weighted by molar-refractivity contribution is 7.88. The van der Waals surface area contributed by atoms with Gasteiger partial charge in [0.05, 0.1) is 6.26 Å². The van der Waals surface area contributed by atoms with Gasteiger partial charge >= 0.3 is 0 Å². The van der Waals surface area contributed by atoms with E-state index in [2.05, 4.69) is 21.8 Å². The molecule has 0 amide bonds. The molecule has 0 bridgehead atoms. The summed E-state index contributed by atoms with van der Waals surface area (Å²) < 4.78 is 25.1. The van der Waals surface area contributed by atoms with Crippen LogP contribution in [0, 0.1) is 0 Å². The number of fused-ring (bicyclic) bond motifs is 1. The fourth-order valence-corrected chi connectivity index (χ4v) is 2.90. The molecule has 1 heterocycles. The molecule has 0 saturated carbocycles. The zero-order chi connectivity index (χ0) is 15.6. The van der Waals surface area contributed by atoms with Gasteiger partial charge in [0.1, 0.15) is 0 Å². The van der Waals surface area contributed by atoms with E-state index in [1.54, 1.807) is 12.4 Å².